The quantitative estimate of drug-likeness (QED) is 0.485. The van der Waals surface area contributed by atoms with Crippen molar-refractivity contribution >= 4 is 0 Å². The lowest BCUT2D eigenvalue weighted by atomic mass is 10.0. The zero-order valence-electron chi connectivity index (χ0n) is 14.4. The molecule has 1 N–H and O–H groups in total. The van der Waals surface area contributed by atoms with Crippen molar-refractivity contribution in [2.75, 3.05) is 33.4 Å². The lowest BCUT2D eigenvalue weighted by Crippen LogP contribution is -2.43. The third kappa shape index (κ3) is 8.80. The van der Waals surface area contributed by atoms with E-state index in [2.05, 4.69) is 12.2 Å². The van der Waals surface area contributed by atoms with Gasteiger partial charge in [0.2, 0.25) is 0 Å². The standard InChI is InChI=1S/C18H37NO2/c1-3-4-5-6-7-8-9-10-11-12-14-19-16-18(20-2)13-15-21-17-18/h19H,3-17H2,1-2H3. The number of hydrogen-bond acceptors (Lipinski definition) is 3. The summed E-state index contributed by atoms with van der Waals surface area (Å²) in [6, 6.07) is 0. The molecule has 1 unspecified atom stereocenters. The van der Waals surface area contributed by atoms with Crippen LogP contribution >= 0.6 is 0 Å². The molecule has 1 saturated heterocycles. The van der Waals surface area contributed by atoms with Gasteiger partial charge in [-0.15, -0.1) is 0 Å². The van der Waals surface area contributed by atoms with Crippen molar-refractivity contribution in [3.8, 4) is 0 Å². The van der Waals surface area contributed by atoms with E-state index in [4.69, 9.17) is 9.47 Å². The van der Waals surface area contributed by atoms with E-state index in [9.17, 15) is 0 Å². The van der Waals surface area contributed by atoms with Crippen LogP contribution in [0.4, 0.5) is 0 Å². The SMILES string of the molecule is CCCCCCCCCCCCNCC1(OC)CCOC1. The fourth-order valence-electron chi connectivity index (χ4n) is 3.01. The summed E-state index contributed by atoms with van der Waals surface area (Å²) in [5.74, 6) is 0. The molecule has 0 aliphatic carbocycles. The third-order valence-electron chi connectivity index (χ3n) is 4.65. The molecule has 21 heavy (non-hydrogen) atoms. The zero-order valence-corrected chi connectivity index (χ0v) is 14.4. The van der Waals surface area contributed by atoms with Crippen LogP contribution in [0.25, 0.3) is 0 Å². The third-order valence-corrected chi connectivity index (χ3v) is 4.65. The maximum Gasteiger partial charge on any atom is 0.106 e. The van der Waals surface area contributed by atoms with Gasteiger partial charge in [-0.2, -0.15) is 0 Å². The van der Waals surface area contributed by atoms with Gasteiger partial charge in [0.25, 0.3) is 0 Å². The molecule has 1 fully saturated rings. The predicted octanol–water partition coefficient (Wildman–Crippen LogP) is 4.30. The minimum Gasteiger partial charge on any atom is -0.378 e. The molecule has 0 amide bonds. The second-order valence-electron chi connectivity index (χ2n) is 6.55. The van der Waals surface area contributed by atoms with Crippen LogP contribution < -0.4 is 5.32 Å². The number of unbranched alkanes of at least 4 members (excludes halogenated alkanes) is 9. The highest BCUT2D eigenvalue weighted by molar-refractivity contribution is 4.86. The van der Waals surface area contributed by atoms with Gasteiger partial charge >= 0.3 is 0 Å². The van der Waals surface area contributed by atoms with Gasteiger partial charge in [-0.25, -0.2) is 0 Å². The molecular formula is C18H37NO2. The van der Waals surface area contributed by atoms with Crippen LogP contribution in [0.5, 0.6) is 0 Å². The molecule has 1 aliphatic heterocycles. The Morgan fingerprint density at radius 3 is 2.10 bits per heavy atom. The van der Waals surface area contributed by atoms with Crippen LogP contribution in [0.1, 0.15) is 77.6 Å². The monoisotopic (exact) mass is 299 g/mol. The van der Waals surface area contributed by atoms with Crippen LogP contribution in [-0.4, -0.2) is 39.0 Å². The highest BCUT2D eigenvalue weighted by Gasteiger charge is 2.34. The Morgan fingerprint density at radius 2 is 1.57 bits per heavy atom. The molecule has 126 valence electrons. The molecule has 0 aromatic heterocycles. The van der Waals surface area contributed by atoms with Crippen molar-refractivity contribution in [1.29, 1.82) is 0 Å². The first-order valence-electron chi connectivity index (χ1n) is 9.16. The number of nitrogens with one attached hydrogen (secondary N) is 1. The van der Waals surface area contributed by atoms with Crippen LogP contribution in [0, 0.1) is 0 Å². The molecule has 1 aliphatic rings. The Morgan fingerprint density at radius 1 is 0.952 bits per heavy atom. The van der Waals surface area contributed by atoms with E-state index < -0.39 is 0 Å². The van der Waals surface area contributed by atoms with E-state index in [1.54, 1.807) is 7.11 Å². The van der Waals surface area contributed by atoms with Crippen molar-refractivity contribution in [3.63, 3.8) is 0 Å². The highest BCUT2D eigenvalue weighted by atomic mass is 16.5. The molecule has 3 heteroatoms. The first-order chi connectivity index (χ1) is 10.3. The minimum absolute atomic E-state index is 0.0571. The summed E-state index contributed by atoms with van der Waals surface area (Å²) in [6.45, 7) is 5.91. The Labute approximate surface area is 132 Å². The lowest BCUT2D eigenvalue weighted by Gasteiger charge is -2.26. The van der Waals surface area contributed by atoms with Crippen molar-refractivity contribution < 1.29 is 9.47 Å². The molecule has 1 rings (SSSR count). The first-order valence-corrected chi connectivity index (χ1v) is 9.16. The molecule has 0 saturated carbocycles. The van der Waals surface area contributed by atoms with E-state index in [-0.39, 0.29) is 5.60 Å². The maximum absolute atomic E-state index is 5.61. The summed E-state index contributed by atoms with van der Waals surface area (Å²) in [4.78, 5) is 0. The molecule has 0 aromatic rings. The number of methoxy groups -OCH3 is 1. The molecule has 0 spiro atoms. The average Bonchev–Trinajstić information content (AvgIpc) is 2.98. The van der Waals surface area contributed by atoms with Gasteiger partial charge in [0, 0.05) is 26.7 Å². The Kier molecular flexibility index (Phi) is 11.2. The van der Waals surface area contributed by atoms with Gasteiger partial charge in [-0.05, 0) is 13.0 Å². The summed E-state index contributed by atoms with van der Waals surface area (Å²) in [6.07, 6.45) is 15.0. The summed E-state index contributed by atoms with van der Waals surface area (Å²) >= 11 is 0. The Bertz CT molecular complexity index is 227. The Balaban J connectivity index is 1.80. The van der Waals surface area contributed by atoms with Crippen LogP contribution in [0.2, 0.25) is 0 Å². The van der Waals surface area contributed by atoms with Gasteiger partial charge < -0.3 is 14.8 Å². The zero-order chi connectivity index (χ0) is 15.2. The molecule has 1 heterocycles. The van der Waals surface area contributed by atoms with E-state index >= 15 is 0 Å². The molecule has 0 aromatic carbocycles. The number of hydrogen-bond donors (Lipinski definition) is 1. The van der Waals surface area contributed by atoms with Crippen LogP contribution in [0.3, 0.4) is 0 Å². The largest absolute Gasteiger partial charge is 0.378 e. The summed E-state index contributed by atoms with van der Waals surface area (Å²) in [5.41, 5.74) is -0.0571. The van der Waals surface area contributed by atoms with Crippen molar-refractivity contribution in [3.05, 3.63) is 0 Å². The highest BCUT2D eigenvalue weighted by Crippen LogP contribution is 2.21. The second-order valence-corrected chi connectivity index (χ2v) is 6.55. The smallest absolute Gasteiger partial charge is 0.106 e. The van der Waals surface area contributed by atoms with E-state index in [0.29, 0.717) is 0 Å². The van der Waals surface area contributed by atoms with Gasteiger partial charge in [0.15, 0.2) is 0 Å². The van der Waals surface area contributed by atoms with E-state index in [0.717, 1.165) is 32.7 Å². The summed E-state index contributed by atoms with van der Waals surface area (Å²) in [5, 5.41) is 3.54. The molecular weight excluding hydrogens is 262 g/mol. The predicted molar refractivity (Wildman–Crippen MR) is 89.9 cm³/mol. The minimum atomic E-state index is -0.0571. The fourth-order valence-corrected chi connectivity index (χ4v) is 3.01. The van der Waals surface area contributed by atoms with Crippen molar-refractivity contribution in [2.45, 2.75) is 83.2 Å². The lowest BCUT2D eigenvalue weighted by molar-refractivity contribution is -0.0156. The van der Waals surface area contributed by atoms with E-state index in [1.807, 2.05) is 0 Å². The van der Waals surface area contributed by atoms with Crippen molar-refractivity contribution in [2.24, 2.45) is 0 Å². The molecule has 3 nitrogen and oxygen atoms in total. The fraction of sp³-hybridized carbons (Fsp3) is 1.00. The summed E-state index contributed by atoms with van der Waals surface area (Å²) < 4.78 is 11.1. The average molecular weight is 299 g/mol. The maximum atomic E-state index is 5.61. The van der Waals surface area contributed by atoms with Gasteiger partial charge in [-0.3, -0.25) is 0 Å². The first kappa shape index (κ1) is 18.9. The van der Waals surface area contributed by atoms with Crippen LogP contribution in [0.15, 0.2) is 0 Å². The number of ether oxygens (including phenoxy) is 2. The van der Waals surface area contributed by atoms with Gasteiger partial charge in [0.05, 0.1) is 6.61 Å². The van der Waals surface area contributed by atoms with Gasteiger partial charge in [-0.1, -0.05) is 64.7 Å². The normalized spacial score (nSPS) is 22.0. The summed E-state index contributed by atoms with van der Waals surface area (Å²) in [7, 11) is 1.80. The van der Waals surface area contributed by atoms with Crippen molar-refractivity contribution in [1.82, 2.24) is 5.32 Å². The van der Waals surface area contributed by atoms with Crippen LogP contribution in [-0.2, 0) is 9.47 Å². The van der Waals surface area contributed by atoms with E-state index in [1.165, 1.54) is 64.2 Å². The number of rotatable bonds is 14. The van der Waals surface area contributed by atoms with Gasteiger partial charge in [0.1, 0.15) is 5.60 Å². The molecule has 0 radical (unpaired) electrons. The topological polar surface area (TPSA) is 30.5 Å². The second kappa shape index (κ2) is 12.4. The Hall–Kier alpha value is -0.120. The molecule has 1 atom stereocenters. The molecule has 0 bridgehead atoms.